The molecule has 2 aromatic rings. The zero-order valence-corrected chi connectivity index (χ0v) is 14.7. The fourth-order valence-electron chi connectivity index (χ4n) is 2.57. The van der Waals surface area contributed by atoms with Crippen molar-refractivity contribution >= 4 is 17.7 Å². The van der Waals surface area contributed by atoms with Gasteiger partial charge in [-0.15, -0.1) is 0 Å². The minimum Gasteiger partial charge on any atom is -0.455 e. The second kappa shape index (κ2) is 7.81. The van der Waals surface area contributed by atoms with Crippen LogP contribution >= 0.6 is 11.8 Å². The van der Waals surface area contributed by atoms with Crippen LogP contribution in [0.2, 0.25) is 0 Å². The summed E-state index contributed by atoms with van der Waals surface area (Å²) in [5.41, 5.74) is 1.89. The first-order valence-corrected chi connectivity index (χ1v) is 9.02. The molecule has 0 aromatic carbocycles. The van der Waals surface area contributed by atoms with Gasteiger partial charge in [0.2, 0.25) is 0 Å². The lowest BCUT2D eigenvalue weighted by molar-refractivity contribution is 0.0834. The van der Waals surface area contributed by atoms with E-state index in [-0.39, 0.29) is 12.0 Å². The number of aryl methyl sites for hydroxylation is 2. The topological polar surface area (TPSA) is 77.2 Å². The summed E-state index contributed by atoms with van der Waals surface area (Å²) < 4.78 is 11.1. The molecule has 1 amide bonds. The number of hydrogen-bond acceptors (Lipinski definition) is 6. The zero-order valence-electron chi connectivity index (χ0n) is 13.9. The summed E-state index contributed by atoms with van der Waals surface area (Å²) in [6, 6.07) is 5.45. The number of furan rings is 1. The van der Waals surface area contributed by atoms with Gasteiger partial charge in [0.05, 0.1) is 11.9 Å². The zero-order chi connectivity index (χ0) is 16.9. The van der Waals surface area contributed by atoms with E-state index in [0.717, 1.165) is 36.6 Å². The van der Waals surface area contributed by atoms with Crippen molar-refractivity contribution in [1.82, 2.24) is 15.3 Å². The van der Waals surface area contributed by atoms with Crippen molar-refractivity contribution in [3.05, 3.63) is 41.1 Å². The van der Waals surface area contributed by atoms with E-state index in [4.69, 9.17) is 9.15 Å². The fraction of sp³-hybridized carbons (Fsp3) is 0.471. The summed E-state index contributed by atoms with van der Waals surface area (Å²) in [6.07, 6.45) is 2.18. The summed E-state index contributed by atoms with van der Waals surface area (Å²) in [5.74, 6) is 1.43. The molecule has 0 unspecified atom stereocenters. The molecule has 3 heterocycles. The lowest BCUT2D eigenvalue weighted by atomic mass is 10.2. The van der Waals surface area contributed by atoms with Crippen molar-refractivity contribution in [3.63, 3.8) is 0 Å². The van der Waals surface area contributed by atoms with Gasteiger partial charge < -0.3 is 14.5 Å². The first-order chi connectivity index (χ1) is 11.6. The molecule has 3 rings (SSSR count). The number of rotatable bonds is 6. The molecule has 1 saturated heterocycles. The quantitative estimate of drug-likeness (QED) is 0.639. The van der Waals surface area contributed by atoms with Crippen molar-refractivity contribution in [2.75, 3.05) is 13.2 Å². The Morgan fingerprint density at radius 1 is 1.33 bits per heavy atom. The van der Waals surface area contributed by atoms with Crippen LogP contribution in [0.1, 0.15) is 40.5 Å². The average molecular weight is 347 g/mol. The van der Waals surface area contributed by atoms with Crippen LogP contribution in [0.25, 0.3) is 0 Å². The Morgan fingerprint density at radius 2 is 2.12 bits per heavy atom. The SMILES string of the molecule is Cc1cc(C)nc(SCc2ccc(C(=O)NC[C@@H]3CCCO3)o2)n1. The molecule has 0 radical (unpaired) electrons. The van der Waals surface area contributed by atoms with Gasteiger partial charge in [-0.1, -0.05) is 11.8 Å². The lowest BCUT2D eigenvalue weighted by Gasteiger charge is -2.09. The van der Waals surface area contributed by atoms with Crippen molar-refractivity contribution in [3.8, 4) is 0 Å². The highest BCUT2D eigenvalue weighted by molar-refractivity contribution is 7.98. The van der Waals surface area contributed by atoms with Crippen LogP contribution in [-0.4, -0.2) is 35.1 Å². The number of thioether (sulfide) groups is 1. The Morgan fingerprint density at radius 3 is 2.83 bits per heavy atom. The summed E-state index contributed by atoms with van der Waals surface area (Å²) in [6.45, 7) is 5.20. The molecule has 1 atom stereocenters. The van der Waals surface area contributed by atoms with Crippen LogP contribution < -0.4 is 5.32 Å². The lowest BCUT2D eigenvalue weighted by Crippen LogP contribution is -2.31. The Bertz CT molecular complexity index is 691. The molecule has 1 aliphatic rings. The third kappa shape index (κ3) is 4.58. The molecular formula is C17H21N3O3S. The predicted molar refractivity (Wildman–Crippen MR) is 91.1 cm³/mol. The van der Waals surface area contributed by atoms with Gasteiger partial charge in [-0.2, -0.15) is 0 Å². The van der Waals surface area contributed by atoms with Crippen LogP contribution in [0.3, 0.4) is 0 Å². The molecule has 6 nitrogen and oxygen atoms in total. The number of nitrogens with one attached hydrogen (secondary N) is 1. The van der Waals surface area contributed by atoms with Gasteiger partial charge >= 0.3 is 0 Å². The molecule has 0 bridgehead atoms. The Hall–Kier alpha value is -1.86. The monoisotopic (exact) mass is 347 g/mol. The molecular weight excluding hydrogens is 326 g/mol. The van der Waals surface area contributed by atoms with Crippen LogP contribution in [0, 0.1) is 13.8 Å². The number of ether oxygens (including phenoxy) is 1. The number of carbonyl (C=O) groups excluding carboxylic acids is 1. The second-order valence-corrected chi connectivity index (χ2v) is 6.78. The maximum Gasteiger partial charge on any atom is 0.287 e. The fourth-order valence-corrected chi connectivity index (χ4v) is 3.41. The number of hydrogen-bond donors (Lipinski definition) is 1. The van der Waals surface area contributed by atoms with Gasteiger partial charge in [-0.3, -0.25) is 4.79 Å². The van der Waals surface area contributed by atoms with E-state index in [1.165, 1.54) is 11.8 Å². The maximum atomic E-state index is 12.1. The third-order valence-corrected chi connectivity index (χ3v) is 4.57. The Balaban J connectivity index is 1.51. The van der Waals surface area contributed by atoms with E-state index < -0.39 is 0 Å². The van der Waals surface area contributed by atoms with Crippen LogP contribution in [0.15, 0.2) is 27.8 Å². The second-order valence-electron chi connectivity index (χ2n) is 5.83. The molecule has 0 saturated carbocycles. The van der Waals surface area contributed by atoms with E-state index >= 15 is 0 Å². The van der Waals surface area contributed by atoms with E-state index in [0.29, 0.717) is 23.2 Å². The molecule has 7 heteroatoms. The normalized spacial score (nSPS) is 17.2. The predicted octanol–water partition coefficient (Wildman–Crippen LogP) is 2.89. The number of nitrogens with zero attached hydrogens (tertiary/aromatic N) is 2. The van der Waals surface area contributed by atoms with Crippen LogP contribution in [0.5, 0.6) is 0 Å². The molecule has 24 heavy (non-hydrogen) atoms. The molecule has 2 aromatic heterocycles. The van der Waals surface area contributed by atoms with Crippen molar-refractivity contribution < 1.29 is 13.9 Å². The van der Waals surface area contributed by atoms with E-state index in [1.807, 2.05) is 26.0 Å². The summed E-state index contributed by atoms with van der Waals surface area (Å²) in [7, 11) is 0. The summed E-state index contributed by atoms with van der Waals surface area (Å²) >= 11 is 1.49. The van der Waals surface area contributed by atoms with Crippen LogP contribution in [-0.2, 0) is 10.5 Å². The van der Waals surface area contributed by atoms with Gasteiger partial charge in [-0.25, -0.2) is 9.97 Å². The van der Waals surface area contributed by atoms with E-state index in [1.54, 1.807) is 6.07 Å². The maximum absolute atomic E-state index is 12.1. The molecule has 1 fully saturated rings. The Kier molecular flexibility index (Phi) is 5.52. The highest BCUT2D eigenvalue weighted by Gasteiger charge is 2.18. The van der Waals surface area contributed by atoms with E-state index in [2.05, 4.69) is 15.3 Å². The summed E-state index contributed by atoms with van der Waals surface area (Å²) in [4.78, 5) is 20.8. The Labute approximate surface area is 145 Å². The highest BCUT2D eigenvalue weighted by Crippen LogP contribution is 2.21. The molecule has 0 aliphatic carbocycles. The number of amides is 1. The molecule has 1 aliphatic heterocycles. The molecule has 0 spiro atoms. The third-order valence-electron chi connectivity index (χ3n) is 3.71. The largest absolute Gasteiger partial charge is 0.455 e. The minimum atomic E-state index is -0.204. The first kappa shape index (κ1) is 17.0. The van der Waals surface area contributed by atoms with Gasteiger partial charge in [0.25, 0.3) is 5.91 Å². The van der Waals surface area contributed by atoms with Crippen molar-refractivity contribution in [2.24, 2.45) is 0 Å². The van der Waals surface area contributed by atoms with Gasteiger partial charge in [-0.05, 0) is 44.9 Å². The van der Waals surface area contributed by atoms with Crippen molar-refractivity contribution in [2.45, 2.75) is 43.7 Å². The minimum absolute atomic E-state index is 0.126. The van der Waals surface area contributed by atoms with Gasteiger partial charge in [0, 0.05) is 24.5 Å². The van der Waals surface area contributed by atoms with E-state index in [9.17, 15) is 4.79 Å². The molecule has 128 valence electrons. The van der Waals surface area contributed by atoms with Crippen LogP contribution in [0.4, 0.5) is 0 Å². The van der Waals surface area contributed by atoms with Gasteiger partial charge in [0.1, 0.15) is 5.76 Å². The average Bonchev–Trinajstić information content (AvgIpc) is 3.21. The first-order valence-electron chi connectivity index (χ1n) is 8.04. The number of aromatic nitrogens is 2. The summed E-state index contributed by atoms with van der Waals surface area (Å²) in [5, 5.41) is 3.57. The smallest absolute Gasteiger partial charge is 0.287 e. The standard InChI is InChI=1S/C17H21N3O3S/c1-11-8-12(2)20-17(19-11)24-10-14-5-6-15(23-14)16(21)18-9-13-4-3-7-22-13/h5-6,8,13H,3-4,7,9-10H2,1-2H3,(H,18,21)/t13-/m0/s1. The highest BCUT2D eigenvalue weighted by atomic mass is 32.2. The van der Waals surface area contributed by atoms with Crippen molar-refractivity contribution in [1.29, 1.82) is 0 Å². The number of carbonyl (C=O) groups is 1. The molecule has 1 N–H and O–H groups in total. The van der Waals surface area contributed by atoms with Gasteiger partial charge in [0.15, 0.2) is 10.9 Å².